The number of anilines is 3. The van der Waals surface area contributed by atoms with Crippen LogP contribution in [0, 0.1) is 0 Å². The predicted molar refractivity (Wildman–Crippen MR) is 109 cm³/mol. The highest BCUT2D eigenvalue weighted by atomic mass is 79.9. The van der Waals surface area contributed by atoms with Gasteiger partial charge >= 0.3 is 12.2 Å². The van der Waals surface area contributed by atoms with Gasteiger partial charge in [-0.2, -0.15) is 13.2 Å². The molecule has 9 nitrogen and oxygen atoms in total. The summed E-state index contributed by atoms with van der Waals surface area (Å²) in [4.78, 5) is 40.9. The summed E-state index contributed by atoms with van der Waals surface area (Å²) in [6.07, 6.45) is -1.05. The molecule has 4 heterocycles. The van der Waals surface area contributed by atoms with Gasteiger partial charge in [0.15, 0.2) is 5.82 Å². The zero-order valence-corrected chi connectivity index (χ0v) is 17.7. The Balaban J connectivity index is 1.63. The quantitative estimate of drug-likeness (QED) is 0.672. The zero-order chi connectivity index (χ0) is 22.3. The van der Waals surface area contributed by atoms with Crippen LogP contribution in [0.5, 0.6) is 0 Å². The van der Waals surface area contributed by atoms with E-state index in [2.05, 4.69) is 36.2 Å². The third kappa shape index (κ3) is 4.27. The second-order valence-electron chi connectivity index (χ2n) is 7.19. The first-order chi connectivity index (χ1) is 14.6. The standard InChI is InChI=1S/C18H17BrF3N7O2/c1-9(18(20,21)22)25-16(30)14-24-7-12-15(27-14)29(11-3-5-28(12)8-11)17(31)26-13-6-10(19)2-4-23-13/h2,4,6-7,9,11H,3,5,8H2,1H3,(H,25,30)(H,23,26,31)/t9-,11+/m1/s1. The minimum absolute atomic E-state index is 0.168. The molecule has 0 spiro atoms. The lowest BCUT2D eigenvalue weighted by atomic mass is 10.2. The number of aromatic nitrogens is 3. The number of carbonyl (C=O) groups is 2. The average Bonchev–Trinajstić information content (AvgIpc) is 3.11. The molecule has 4 rings (SSSR count). The van der Waals surface area contributed by atoms with Gasteiger partial charge in [-0.25, -0.2) is 19.7 Å². The van der Waals surface area contributed by atoms with Crippen molar-refractivity contribution in [1.29, 1.82) is 0 Å². The van der Waals surface area contributed by atoms with Crippen LogP contribution in [-0.4, -0.2) is 58.2 Å². The second-order valence-corrected chi connectivity index (χ2v) is 8.10. The summed E-state index contributed by atoms with van der Waals surface area (Å²) in [6, 6.07) is 0.551. The summed E-state index contributed by atoms with van der Waals surface area (Å²) >= 11 is 3.31. The third-order valence-electron chi connectivity index (χ3n) is 5.06. The molecule has 0 unspecified atom stereocenters. The largest absolute Gasteiger partial charge is 0.408 e. The summed E-state index contributed by atoms with van der Waals surface area (Å²) in [5, 5.41) is 4.53. The van der Waals surface area contributed by atoms with Gasteiger partial charge in [-0.15, -0.1) is 0 Å². The minimum atomic E-state index is -4.60. The summed E-state index contributed by atoms with van der Waals surface area (Å²) < 4.78 is 39.1. The molecule has 0 aliphatic carbocycles. The third-order valence-corrected chi connectivity index (χ3v) is 5.56. The van der Waals surface area contributed by atoms with Gasteiger partial charge in [-0.05, 0) is 25.5 Å². The van der Waals surface area contributed by atoms with Gasteiger partial charge in [0.25, 0.3) is 5.91 Å². The number of alkyl halides is 3. The Morgan fingerprint density at radius 2 is 2.10 bits per heavy atom. The van der Waals surface area contributed by atoms with Crippen LogP contribution in [0.2, 0.25) is 0 Å². The molecular formula is C18H17BrF3N7O2. The van der Waals surface area contributed by atoms with Crippen LogP contribution in [0.4, 0.5) is 35.3 Å². The maximum Gasteiger partial charge on any atom is 0.408 e. The van der Waals surface area contributed by atoms with E-state index in [0.29, 0.717) is 31.0 Å². The van der Waals surface area contributed by atoms with Gasteiger partial charge in [0.2, 0.25) is 5.82 Å². The SMILES string of the molecule is C[C@@H](NC(=O)c1ncc2c(n1)N(C(=O)Nc1cc(Br)ccn1)[C@H]1CCN2C1)C(F)(F)F. The first kappa shape index (κ1) is 21.3. The second kappa shape index (κ2) is 7.94. The first-order valence-corrected chi connectivity index (χ1v) is 10.1. The van der Waals surface area contributed by atoms with Gasteiger partial charge in [0.05, 0.1) is 17.9 Å². The van der Waals surface area contributed by atoms with Crippen LogP contribution >= 0.6 is 15.9 Å². The number of nitrogens with zero attached hydrogens (tertiary/aromatic N) is 5. The van der Waals surface area contributed by atoms with E-state index < -0.39 is 30.0 Å². The van der Waals surface area contributed by atoms with Gasteiger partial charge in [-0.3, -0.25) is 15.0 Å². The van der Waals surface area contributed by atoms with Crippen molar-refractivity contribution in [3.8, 4) is 0 Å². The highest BCUT2D eigenvalue weighted by Crippen LogP contribution is 2.38. The number of rotatable bonds is 3. The number of hydrogen-bond acceptors (Lipinski definition) is 6. The lowest BCUT2D eigenvalue weighted by Crippen LogP contribution is -2.49. The van der Waals surface area contributed by atoms with Crippen LogP contribution in [0.15, 0.2) is 29.0 Å². The van der Waals surface area contributed by atoms with E-state index in [1.165, 1.54) is 17.3 Å². The number of urea groups is 1. The number of amides is 3. The predicted octanol–water partition coefficient (Wildman–Crippen LogP) is 2.95. The van der Waals surface area contributed by atoms with Crippen molar-refractivity contribution in [3.63, 3.8) is 0 Å². The molecular weight excluding hydrogens is 483 g/mol. The van der Waals surface area contributed by atoms with Gasteiger partial charge < -0.3 is 10.2 Å². The Bertz CT molecular complexity index is 1040. The van der Waals surface area contributed by atoms with Crippen LogP contribution in [0.3, 0.4) is 0 Å². The number of fused-ring (bicyclic) bond motifs is 4. The molecule has 0 aromatic carbocycles. The van der Waals surface area contributed by atoms with Crippen LogP contribution in [0.1, 0.15) is 24.0 Å². The maximum absolute atomic E-state index is 13.1. The smallest absolute Gasteiger partial charge is 0.365 e. The molecule has 164 valence electrons. The molecule has 3 amide bonds. The van der Waals surface area contributed by atoms with E-state index in [1.54, 1.807) is 12.1 Å². The summed E-state index contributed by atoms with van der Waals surface area (Å²) in [5.74, 6) is -1.04. The fraction of sp³-hybridized carbons (Fsp3) is 0.389. The number of halogens is 4. The topological polar surface area (TPSA) is 103 Å². The fourth-order valence-electron chi connectivity index (χ4n) is 3.47. The zero-order valence-electron chi connectivity index (χ0n) is 16.1. The molecule has 31 heavy (non-hydrogen) atoms. The number of hydrogen-bond donors (Lipinski definition) is 2. The molecule has 0 saturated carbocycles. The van der Waals surface area contributed by atoms with Crippen molar-refractivity contribution in [3.05, 3.63) is 34.8 Å². The van der Waals surface area contributed by atoms with E-state index in [4.69, 9.17) is 0 Å². The van der Waals surface area contributed by atoms with Crippen LogP contribution in [0.25, 0.3) is 0 Å². The van der Waals surface area contributed by atoms with E-state index >= 15 is 0 Å². The minimum Gasteiger partial charge on any atom is -0.365 e. The van der Waals surface area contributed by atoms with E-state index in [9.17, 15) is 22.8 Å². The van der Waals surface area contributed by atoms with Gasteiger partial charge in [0.1, 0.15) is 11.9 Å². The highest BCUT2D eigenvalue weighted by Gasteiger charge is 2.42. The summed E-state index contributed by atoms with van der Waals surface area (Å²) in [5.41, 5.74) is 0.534. The first-order valence-electron chi connectivity index (χ1n) is 9.35. The lowest BCUT2D eigenvalue weighted by molar-refractivity contribution is -0.149. The molecule has 1 saturated heterocycles. The van der Waals surface area contributed by atoms with E-state index in [-0.39, 0.29) is 11.9 Å². The van der Waals surface area contributed by atoms with Crippen LogP contribution < -0.4 is 20.4 Å². The Kier molecular flexibility index (Phi) is 5.45. The number of pyridine rings is 1. The van der Waals surface area contributed by atoms with E-state index in [0.717, 1.165) is 11.4 Å². The average molecular weight is 500 g/mol. The Hall–Kier alpha value is -2.96. The number of nitrogens with one attached hydrogen (secondary N) is 2. The Morgan fingerprint density at radius 1 is 1.32 bits per heavy atom. The highest BCUT2D eigenvalue weighted by molar-refractivity contribution is 9.10. The van der Waals surface area contributed by atoms with Crippen molar-refractivity contribution in [1.82, 2.24) is 20.3 Å². The normalized spacial score (nSPS) is 18.4. The Labute approximate surface area is 183 Å². The molecule has 0 radical (unpaired) electrons. The molecule has 2 aliphatic rings. The molecule has 1 fully saturated rings. The van der Waals surface area contributed by atoms with Crippen molar-refractivity contribution in [2.75, 3.05) is 28.2 Å². The molecule has 13 heteroatoms. The molecule has 2 aromatic rings. The monoisotopic (exact) mass is 499 g/mol. The number of carbonyl (C=O) groups excluding carboxylic acids is 2. The van der Waals surface area contributed by atoms with Crippen molar-refractivity contribution >= 4 is 45.2 Å². The van der Waals surface area contributed by atoms with Crippen LogP contribution in [-0.2, 0) is 0 Å². The molecule has 2 aliphatic heterocycles. The van der Waals surface area contributed by atoms with Crippen molar-refractivity contribution in [2.45, 2.75) is 31.6 Å². The van der Waals surface area contributed by atoms with Crippen molar-refractivity contribution < 1.29 is 22.8 Å². The molecule has 2 atom stereocenters. The molecule has 2 N–H and O–H groups in total. The molecule has 2 aromatic heterocycles. The summed E-state index contributed by atoms with van der Waals surface area (Å²) in [7, 11) is 0. The van der Waals surface area contributed by atoms with E-state index in [1.807, 2.05) is 10.2 Å². The fourth-order valence-corrected chi connectivity index (χ4v) is 3.80. The van der Waals surface area contributed by atoms with Gasteiger partial charge in [-0.1, -0.05) is 15.9 Å². The Morgan fingerprint density at radius 3 is 2.81 bits per heavy atom. The van der Waals surface area contributed by atoms with Crippen molar-refractivity contribution in [2.24, 2.45) is 0 Å². The molecule has 2 bridgehead atoms. The summed E-state index contributed by atoms with van der Waals surface area (Å²) in [6.45, 7) is 2.05. The van der Waals surface area contributed by atoms with Gasteiger partial charge in [0, 0.05) is 23.8 Å². The maximum atomic E-state index is 13.1. The lowest BCUT2D eigenvalue weighted by Gasteiger charge is -2.35.